The standard InChI is InChI=1S/C20H23ClN2O2/c1-2-3-11-25-20-14(7-6-10-22-20)13-23-19(24)17-12-16(17)15-8-4-5-9-18(15)21/h4-10,16-17H,2-3,11-13H2,1H3,(H,23,24). The number of amides is 1. The number of benzene rings is 1. The third-order valence-corrected chi connectivity index (χ3v) is 4.82. The van der Waals surface area contributed by atoms with E-state index in [-0.39, 0.29) is 17.7 Å². The largest absolute Gasteiger partial charge is 0.477 e. The summed E-state index contributed by atoms with van der Waals surface area (Å²) in [6, 6.07) is 11.5. The van der Waals surface area contributed by atoms with Crippen LogP contribution in [-0.4, -0.2) is 17.5 Å². The summed E-state index contributed by atoms with van der Waals surface area (Å²) in [7, 11) is 0. The van der Waals surface area contributed by atoms with Gasteiger partial charge in [0.15, 0.2) is 0 Å². The highest BCUT2D eigenvalue weighted by molar-refractivity contribution is 6.31. The maximum absolute atomic E-state index is 12.4. The first kappa shape index (κ1) is 17.7. The number of hydrogen-bond acceptors (Lipinski definition) is 3. The van der Waals surface area contributed by atoms with Crippen molar-refractivity contribution in [2.24, 2.45) is 5.92 Å². The van der Waals surface area contributed by atoms with Crippen LogP contribution in [0.5, 0.6) is 5.88 Å². The van der Waals surface area contributed by atoms with Crippen molar-refractivity contribution in [1.29, 1.82) is 0 Å². The molecule has 1 aromatic carbocycles. The molecule has 0 spiro atoms. The maximum atomic E-state index is 12.4. The molecule has 1 saturated carbocycles. The van der Waals surface area contributed by atoms with Crippen LogP contribution in [0.4, 0.5) is 0 Å². The van der Waals surface area contributed by atoms with Crippen LogP contribution in [0.2, 0.25) is 5.02 Å². The molecule has 25 heavy (non-hydrogen) atoms. The number of ether oxygens (including phenoxy) is 1. The third kappa shape index (κ3) is 4.51. The van der Waals surface area contributed by atoms with E-state index in [1.165, 1.54) is 0 Å². The number of rotatable bonds is 8. The van der Waals surface area contributed by atoms with Gasteiger partial charge in [-0.1, -0.05) is 49.2 Å². The monoisotopic (exact) mass is 358 g/mol. The Morgan fingerprint density at radius 2 is 2.16 bits per heavy atom. The Hall–Kier alpha value is -2.07. The van der Waals surface area contributed by atoms with E-state index in [0.717, 1.165) is 35.4 Å². The highest BCUT2D eigenvalue weighted by Crippen LogP contribution is 2.49. The van der Waals surface area contributed by atoms with Gasteiger partial charge in [0, 0.05) is 29.2 Å². The molecule has 132 valence electrons. The maximum Gasteiger partial charge on any atom is 0.224 e. The van der Waals surface area contributed by atoms with Crippen LogP contribution in [0, 0.1) is 5.92 Å². The molecule has 0 radical (unpaired) electrons. The average Bonchev–Trinajstić information content (AvgIpc) is 3.42. The predicted molar refractivity (Wildman–Crippen MR) is 98.8 cm³/mol. The zero-order chi connectivity index (χ0) is 17.6. The molecule has 2 unspecified atom stereocenters. The van der Waals surface area contributed by atoms with Crippen LogP contribution >= 0.6 is 11.6 Å². The lowest BCUT2D eigenvalue weighted by atomic mass is 10.1. The molecule has 3 rings (SSSR count). The number of aromatic nitrogens is 1. The fourth-order valence-electron chi connectivity index (χ4n) is 2.92. The first-order valence-electron chi connectivity index (χ1n) is 8.79. The van der Waals surface area contributed by atoms with Crippen molar-refractivity contribution in [2.75, 3.05) is 6.61 Å². The molecule has 1 aliphatic rings. The zero-order valence-electron chi connectivity index (χ0n) is 14.4. The van der Waals surface area contributed by atoms with E-state index >= 15 is 0 Å². The van der Waals surface area contributed by atoms with Gasteiger partial charge >= 0.3 is 0 Å². The molecule has 0 aliphatic heterocycles. The van der Waals surface area contributed by atoms with E-state index in [1.807, 2.05) is 36.4 Å². The van der Waals surface area contributed by atoms with Crippen LogP contribution in [0.3, 0.4) is 0 Å². The molecule has 4 nitrogen and oxygen atoms in total. The van der Waals surface area contributed by atoms with Gasteiger partial charge in [0.25, 0.3) is 0 Å². The smallest absolute Gasteiger partial charge is 0.224 e. The van der Waals surface area contributed by atoms with Gasteiger partial charge in [-0.05, 0) is 36.5 Å². The molecule has 1 amide bonds. The van der Waals surface area contributed by atoms with Crippen LogP contribution in [0.15, 0.2) is 42.6 Å². The topological polar surface area (TPSA) is 51.2 Å². The van der Waals surface area contributed by atoms with Crippen molar-refractivity contribution in [3.05, 3.63) is 58.7 Å². The van der Waals surface area contributed by atoms with Gasteiger partial charge in [-0.3, -0.25) is 4.79 Å². The first-order valence-corrected chi connectivity index (χ1v) is 9.17. The fourth-order valence-corrected chi connectivity index (χ4v) is 3.20. The lowest BCUT2D eigenvalue weighted by molar-refractivity contribution is -0.122. The van der Waals surface area contributed by atoms with Crippen molar-refractivity contribution in [3.8, 4) is 5.88 Å². The SMILES string of the molecule is CCCCOc1ncccc1CNC(=O)C1CC1c1ccccc1Cl. The molecule has 0 saturated heterocycles. The van der Waals surface area contributed by atoms with E-state index in [0.29, 0.717) is 19.0 Å². The van der Waals surface area contributed by atoms with Crippen LogP contribution < -0.4 is 10.1 Å². The summed E-state index contributed by atoms with van der Waals surface area (Å²) in [4.78, 5) is 16.7. The highest BCUT2D eigenvalue weighted by Gasteiger charge is 2.44. The summed E-state index contributed by atoms with van der Waals surface area (Å²) in [5, 5.41) is 3.75. The van der Waals surface area contributed by atoms with Crippen molar-refractivity contribution in [1.82, 2.24) is 10.3 Å². The molecule has 5 heteroatoms. The number of carbonyl (C=O) groups excluding carboxylic acids is 1. The number of carbonyl (C=O) groups is 1. The molecular formula is C20H23ClN2O2. The van der Waals surface area contributed by atoms with Gasteiger partial charge in [-0.15, -0.1) is 0 Å². The number of halogens is 1. The van der Waals surface area contributed by atoms with Gasteiger partial charge in [0.2, 0.25) is 11.8 Å². The summed E-state index contributed by atoms with van der Waals surface area (Å²) < 4.78 is 5.71. The van der Waals surface area contributed by atoms with Gasteiger partial charge in [-0.25, -0.2) is 4.98 Å². The van der Waals surface area contributed by atoms with Crippen molar-refractivity contribution in [3.63, 3.8) is 0 Å². The van der Waals surface area contributed by atoms with Crippen molar-refractivity contribution >= 4 is 17.5 Å². The van der Waals surface area contributed by atoms with Crippen molar-refractivity contribution < 1.29 is 9.53 Å². The molecule has 1 aliphatic carbocycles. The quantitative estimate of drug-likeness (QED) is 0.714. The second kappa shape index (κ2) is 8.34. The second-order valence-corrected chi connectivity index (χ2v) is 6.76. The fraction of sp³-hybridized carbons (Fsp3) is 0.400. The van der Waals surface area contributed by atoms with Gasteiger partial charge < -0.3 is 10.1 Å². The van der Waals surface area contributed by atoms with E-state index in [2.05, 4.69) is 17.2 Å². The van der Waals surface area contributed by atoms with Gasteiger partial charge in [0.05, 0.1) is 6.61 Å². The Bertz CT molecular complexity index is 735. The lowest BCUT2D eigenvalue weighted by Crippen LogP contribution is -2.25. The summed E-state index contributed by atoms with van der Waals surface area (Å²) in [5.41, 5.74) is 1.97. The molecule has 1 aromatic heterocycles. The molecular weight excluding hydrogens is 336 g/mol. The van der Waals surface area contributed by atoms with E-state index in [9.17, 15) is 4.79 Å². The average molecular weight is 359 g/mol. The lowest BCUT2D eigenvalue weighted by Gasteiger charge is -2.11. The number of unbranched alkanes of at least 4 members (excludes halogenated alkanes) is 1. The third-order valence-electron chi connectivity index (χ3n) is 4.47. The summed E-state index contributed by atoms with van der Waals surface area (Å²) >= 11 is 6.23. The van der Waals surface area contributed by atoms with E-state index < -0.39 is 0 Å². The zero-order valence-corrected chi connectivity index (χ0v) is 15.1. The van der Waals surface area contributed by atoms with Crippen LogP contribution in [-0.2, 0) is 11.3 Å². The Labute approximate surface area is 153 Å². The van der Waals surface area contributed by atoms with Crippen molar-refractivity contribution in [2.45, 2.75) is 38.6 Å². The number of hydrogen-bond donors (Lipinski definition) is 1. The highest BCUT2D eigenvalue weighted by atomic mass is 35.5. The number of nitrogens with one attached hydrogen (secondary N) is 1. The molecule has 1 N–H and O–H groups in total. The Morgan fingerprint density at radius 1 is 1.32 bits per heavy atom. The summed E-state index contributed by atoms with van der Waals surface area (Å²) in [6.45, 7) is 3.19. The van der Waals surface area contributed by atoms with E-state index in [1.54, 1.807) is 6.20 Å². The van der Waals surface area contributed by atoms with Gasteiger partial charge in [-0.2, -0.15) is 0 Å². The predicted octanol–water partition coefficient (Wildman–Crippen LogP) is 4.33. The van der Waals surface area contributed by atoms with E-state index in [4.69, 9.17) is 16.3 Å². The van der Waals surface area contributed by atoms with Gasteiger partial charge in [0.1, 0.15) is 0 Å². The Kier molecular flexibility index (Phi) is 5.92. The summed E-state index contributed by atoms with van der Waals surface area (Å²) in [6.07, 6.45) is 4.62. The van der Waals surface area contributed by atoms with Crippen LogP contribution in [0.1, 0.15) is 43.2 Å². The molecule has 0 bridgehead atoms. The molecule has 1 fully saturated rings. The Balaban J connectivity index is 1.54. The normalized spacial score (nSPS) is 18.6. The second-order valence-electron chi connectivity index (χ2n) is 6.36. The summed E-state index contributed by atoms with van der Waals surface area (Å²) in [5.74, 6) is 0.895. The Morgan fingerprint density at radius 3 is 2.96 bits per heavy atom. The number of pyridine rings is 1. The molecule has 1 heterocycles. The van der Waals surface area contributed by atoms with Crippen LogP contribution in [0.25, 0.3) is 0 Å². The minimum Gasteiger partial charge on any atom is -0.477 e. The minimum absolute atomic E-state index is 0.000955. The number of nitrogens with zero attached hydrogens (tertiary/aromatic N) is 1. The minimum atomic E-state index is 0.000955. The molecule has 2 atom stereocenters. The first-order chi connectivity index (χ1) is 12.2. The molecule has 2 aromatic rings.